The van der Waals surface area contributed by atoms with Gasteiger partial charge in [-0.15, -0.1) is 0 Å². The van der Waals surface area contributed by atoms with Crippen LogP contribution >= 0.6 is 0 Å². The number of esters is 4. The molecule has 0 saturated heterocycles. The normalized spacial score (nSPS) is 9.68. The van der Waals surface area contributed by atoms with E-state index >= 15 is 0 Å². The van der Waals surface area contributed by atoms with Crippen molar-refractivity contribution in [3.05, 3.63) is 48.6 Å². The number of hydrogen-bond acceptors (Lipinski definition) is 10. The van der Waals surface area contributed by atoms with Crippen LogP contribution in [0.2, 0.25) is 0 Å². The van der Waals surface area contributed by atoms with Crippen LogP contribution in [0, 0.1) is 0 Å². The summed E-state index contributed by atoms with van der Waals surface area (Å²) in [6.07, 6.45) is 0.860. The summed E-state index contributed by atoms with van der Waals surface area (Å²) < 4.78 is 20.1. The van der Waals surface area contributed by atoms with E-state index in [0.717, 1.165) is 30.5 Å². The van der Waals surface area contributed by atoms with Gasteiger partial charge in [0.25, 0.3) is 0 Å². The number of nitrogens with zero attached hydrogens (tertiary/aromatic N) is 3. The van der Waals surface area contributed by atoms with Gasteiger partial charge in [0.2, 0.25) is 0 Å². The van der Waals surface area contributed by atoms with E-state index in [1.54, 1.807) is 27.7 Å². The number of likely N-dealkylation sites (N-methyl/N-ethyl adjacent to an activating group) is 3. The second kappa shape index (κ2) is 29.8. The Kier molecular flexibility index (Phi) is 34.1. The van der Waals surface area contributed by atoms with Crippen molar-refractivity contribution in [3.63, 3.8) is 0 Å². The molecule has 11 heteroatoms. The predicted molar refractivity (Wildman–Crippen MR) is 180 cm³/mol. The first-order valence-electron chi connectivity index (χ1n) is 14.0. The number of ether oxygens (including phenoxy) is 4. The van der Waals surface area contributed by atoms with E-state index in [9.17, 15) is 19.2 Å². The Morgan fingerprint density at radius 3 is 1.00 bits per heavy atom. The summed E-state index contributed by atoms with van der Waals surface area (Å²) in [5, 5.41) is 0. The van der Waals surface area contributed by atoms with Crippen molar-refractivity contribution in [3.8, 4) is 0 Å². The molecule has 0 radical (unpaired) electrons. The van der Waals surface area contributed by atoms with Crippen LogP contribution in [-0.4, -0.2) is 134 Å². The number of carbonyl (C=O) groups is 4. The second-order valence-corrected chi connectivity index (χ2v) is 11.3. The first kappa shape index (κ1) is 50.4. The van der Waals surface area contributed by atoms with Gasteiger partial charge in [-0.3, -0.25) is 0 Å². The first-order valence-corrected chi connectivity index (χ1v) is 14.0. The molecule has 0 unspecified atom stereocenters. The summed E-state index contributed by atoms with van der Waals surface area (Å²) in [7, 11) is 13.9. The molecule has 0 bridgehead atoms. The molecule has 0 atom stereocenters. The minimum absolute atomic E-state index is 0. The highest BCUT2D eigenvalue weighted by atomic mass is 16.5. The van der Waals surface area contributed by atoms with Crippen molar-refractivity contribution < 1.29 is 42.6 Å². The van der Waals surface area contributed by atoms with Crippen molar-refractivity contribution in [2.24, 2.45) is 0 Å². The zero-order valence-electron chi connectivity index (χ0n) is 29.1. The molecule has 0 saturated carbocycles. The first-order chi connectivity index (χ1) is 19.6. The topological polar surface area (TPSA) is 112 Å². The zero-order valence-corrected chi connectivity index (χ0v) is 29.1. The van der Waals surface area contributed by atoms with Crippen molar-refractivity contribution >= 4 is 23.9 Å². The molecule has 0 N–H and O–H groups in total. The molecular formula is C33H64N3O8+. The standard InChI is InChI=1S/C9H18NO2.2C8H15NO2.C7H12O2.CH4/c1-8(2)9(11)12-7-6-10(3,4)5;2*1-7(2)8(10)11-6-5-9(3)4;1-4-5-9-7(8)6(2)3;/h1,6-7H2,2-5H3;2*1,5-6H2,2-4H3;2,4-5H2,1,3H3;1H4/q+1;;;;. The highest BCUT2D eigenvalue weighted by molar-refractivity contribution is 5.88. The van der Waals surface area contributed by atoms with Crippen molar-refractivity contribution in [2.45, 2.75) is 48.5 Å². The average Bonchev–Trinajstić information content (AvgIpc) is 2.86. The summed E-state index contributed by atoms with van der Waals surface area (Å²) in [5.74, 6) is -1.22. The lowest BCUT2D eigenvalue weighted by atomic mass is 10.4. The molecule has 0 aliphatic carbocycles. The van der Waals surface area contributed by atoms with Crippen LogP contribution in [0.1, 0.15) is 48.5 Å². The van der Waals surface area contributed by atoms with E-state index in [-0.39, 0.29) is 31.3 Å². The zero-order chi connectivity index (χ0) is 34.8. The summed E-state index contributed by atoms with van der Waals surface area (Å²) in [5.41, 5.74) is 1.81. The second-order valence-electron chi connectivity index (χ2n) is 11.3. The third-order valence-corrected chi connectivity index (χ3v) is 4.37. The van der Waals surface area contributed by atoms with Gasteiger partial charge in [0.05, 0.1) is 27.7 Å². The maximum atomic E-state index is 10.9. The molecule has 0 spiro atoms. The largest absolute Gasteiger partial charge is 0.462 e. The van der Waals surface area contributed by atoms with Crippen molar-refractivity contribution in [2.75, 3.05) is 95.4 Å². The van der Waals surface area contributed by atoms with Crippen LogP contribution in [0.25, 0.3) is 0 Å². The monoisotopic (exact) mass is 630 g/mol. The molecule has 0 rings (SSSR count). The molecule has 258 valence electrons. The molecule has 11 nitrogen and oxygen atoms in total. The fourth-order valence-corrected chi connectivity index (χ4v) is 1.74. The fraction of sp³-hybridized carbons (Fsp3) is 0.636. The van der Waals surface area contributed by atoms with Gasteiger partial charge in [-0.2, -0.15) is 0 Å². The summed E-state index contributed by atoms with van der Waals surface area (Å²) in [6.45, 7) is 26.5. The van der Waals surface area contributed by atoms with Crippen molar-refractivity contribution in [1.29, 1.82) is 0 Å². The average molecular weight is 631 g/mol. The Labute approximate surface area is 268 Å². The maximum Gasteiger partial charge on any atom is 0.333 e. The van der Waals surface area contributed by atoms with E-state index in [2.05, 4.69) is 47.5 Å². The Morgan fingerprint density at radius 1 is 0.545 bits per heavy atom. The molecule has 0 aromatic heterocycles. The third-order valence-electron chi connectivity index (χ3n) is 4.37. The van der Waals surface area contributed by atoms with E-state index in [1.807, 2.05) is 44.9 Å². The van der Waals surface area contributed by atoms with Gasteiger partial charge in [0.1, 0.15) is 26.4 Å². The van der Waals surface area contributed by atoms with E-state index in [1.165, 1.54) is 0 Å². The lowest BCUT2D eigenvalue weighted by Gasteiger charge is -2.23. The number of carbonyl (C=O) groups excluding carboxylic acids is 4. The van der Waals surface area contributed by atoms with Crippen LogP contribution in [0.5, 0.6) is 0 Å². The molecule has 0 aromatic carbocycles. The summed E-state index contributed by atoms with van der Waals surface area (Å²) in [4.78, 5) is 46.9. The van der Waals surface area contributed by atoms with Crippen molar-refractivity contribution in [1.82, 2.24) is 9.80 Å². The number of rotatable bonds is 15. The summed E-state index contributed by atoms with van der Waals surface area (Å²) in [6, 6.07) is 0. The van der Waals surface area contributed by atoms with Crippen LogP contribution in [0.15, 0.2) is 48.6 Å². The molecule has 44 heavy (non-hydrogen) atoms. The molecule has 0 aromatic rings. The van der Waals surface area contributed by atoms with Gasteiger partial charge in [-0.25, -0.2) is 19.2 Å². The van der Waals surface area contributed by atoms with Gasteiger partial charge in [0.15, 0.2) is 0 Å². The minimum atomic E-state index is -0.313. The molecule has 0 amide bonds. The molecule has 0 aliphatic rings. The van der Waals surface area contributed by atoms with Gasteiger partial charge < -0.3 is 33.2 Å². The quantitative estimate of drug-likeness (QED) is 0.112. The third kappa shape index (κ3) is 43.2. The van der Waals surface area contributed by atoms with Gasteiger partial charge in [0, 0.05) is 35.4 Å². The smallest absolute Gasteiger partial charge is 0.333 e. The van der Waals surface area contributed by atoms with E-state index in [0.29, 0.717) is 48.7 Å². The molecule has 0 fully saturated rings. The Morgan fingerprint density at radius 2 is 0.795 bits per heavy atom. The fourth-order valence-electron chi connectivity index (χ4n) is 1.74. The molecule has 0 heterocycles. The van der Waals surface area contributed by atoms with Crippen LogP contribution in [0.4, 0.5) is 0 Å². The van der Waals surface area contributed by atoms with E-state index < -0.39 is 0 Å². The van der Waals surface area contributed by atoms with Crippen LogP contribution in [-0.2, 0) is 38.1 Å². The number of hydrogen-bond donors (Lipinski definition) is 0. The lowest BCUT2D eigenvalue weighted by molar-refractivity contribution is -0.870. The van der Waals surface area contributed by atoms with Crippen LogP contribution in [0.3, 0.4) is 0 Å². The van der Waals surface area contributed by atoms with Gasteiger partial charge in [-0.05, 0) is 62.3 Å². The Hall–Kier alpha value is -3.28. The number of quaternary nitrogens is 1. The highest BCUT2D eigenvalue weighted by Crippen LogP contribution is 1.95. The Bertz CT molecular complexity index is 852. The predicted octanol–water partition coefficient (Wildman–Crippen LogP) is 4.30. The lowest BCUT2D eigenvalue weighted by Crippen LogP contribution is -2.38. The van der Waals surface area contributed by atoms with Gasteiger partial charge in [-0.1, -0.05) is 40.7 Å². The highest BCUT2D eigenvalue weighted by Gasteiger charge is 2.09. The van der Waals surface area contributed by atoms with E-state index in [4.69, 9.17) is 18.9 Å². The maximum absolute atomic E-state index is 10.9. The SMILES string of the molecule is C.C=C(C)C(=O)OCCC.C=C(C)C(=O)OCCN(C)C.C=C(C)C(=O)OCCN(C)C.C=C(C)C(=O)OCC[N+](C)(C)C. The summed E-state index contributed by atoms with van der Waals surface area (Å²) >= 11 is 0. The van der Waals surface area contributed by atoms with Gasteiger partial charge >= 0.3 is 23.9 Å². The Balaban J connectivity index is -0.000000153. The molecular weight excluding hydrogens is 566 g/mol. The minimum Gasteiger partial charge on any atom is -0.462 e. The van der Waals surface area contributed by atoms with Crippen LogP contribution < -0.4 is 0 Å². The molecule has 0 aliphatic heterocycles.